The summed E-state index contributed by atoms with van der Waals surface area (Å²) in [6.07, 6.45) is 13.2. The standard InChI is InChI=1S/C40H38N6O4/c1-6-26-28-10-14-32(42-28)36(23-20-24(39(47)49-8-3)22-25(21-23)40(48)50-9-4)33-15-11-29(43-33)27(7-2)31-13-17-35(45-31)37(34-16-12-30(26)44-34)38-41-18-19-46(38)5/h10-22,42,45H,6-9H2,1-5H3. The molecule has 0 atom stereocenters. The summed E-state index contributed by atoms with van der Waals surface area (Å²) in [5.74, 6) is -0.243. The lowest BCUT2D eigenvalue weighted by Crippen LogP contribution is -2.10. The maximum Gasteiger partial charge on any atom is 0.338 e. The van der Waals surface area contributed by atoms with Gasteiger partial charge >= 0.3 is 11.9 Å². The first-order valence-corrected chi connectivity index (χ1v) is 16.9. The van der Waals surface area contributed by atoms with Gasteiger partial charge in [0.05, 0.1) is 58.2 Å². The maximum absolute atomic E-state index is 13.1. The van der Waals surface area contributed by atoms with Gasteiger partial charge in [-0.15, -0.1) is 0 Å². The highest BCUT2D eigenvalue weighted by Gasteiger charge is 2.21. The molecule has 6 heterocycles. The second-order valence-electron chi connectivity index (χ2n) is 12.0. The Morgan fingerprint density at radius 2 is 1.14 bits per heavy atom. The molecule has 2 aliphatic heterocycles. The van der Waals surface area contributed by atoms with Crippen molar-refractivity contribution in [2.75, 3.05) is 13.2 Å². The molecule has 0 radical (unpaired) electrons. The van der Waals surface area contributed by atoms with Gasteiger partial charge in [-0.1, -0.05) is 13.8 Å². The first-order valence-electron chi connectivity index (χ1n) is 16.9. The van der Waals surface area contributed by atoms with Crippen molar-refractivity contribution in [3.05, 3.63) is 99.9 Å². The highest BCUT2D eigenvalue weighted by molar-refractivity contribution is 6.00. The van der Waals surface area contributed by atoms with Crippen molar-refractivity contribution in [2.45, 2.75) is 40.5 Å². The van der Waals surface area contributed by atoms with E-state index < -0.39 is 11.9 Å². The van der Waals surface area contributed by atoms with Crippen LogP contribution in [-0.2, 0) is 29.4 Å². The number of benzene rings is 1. The molecule has 0 aliphatic carbocycles. The number of fused-ring (bicyclic) bond motifs is 8. The van der Waals surface area contributed by atoms with Gasteiger partial charge in [-0.3, -0.25) is 0 Å². The molecule has 252 valence electrons. The zero-order chi connectivity index (χ0) is 34.9. The van der Waals surface area contributed by atoms with Crippen LogP contribution in [0.1, 0.15) is 82.3 Å². The normalized spacial score (nSPS) is 12.0. The number of carbonyl (C=O) groups is 2. The molecule has 7 rings (SSSR count). The number of nitrogens with zero attached hydrogens (tertiary/aromatic N) is 4. The monoisotopic (exact) mass is 666 g/mol. The van der Waals surface area contributed by atoms with E-state index >= 15 is 0 Å². The molecule has 1 aromatic carbocycles. The molecule has 50 heavy (non-hydrogen) atoms. The van der Waals surface area contributed by atoms with Crippen LogP contribution in [0.4, 0.5) is 0 Å². The summed E-state index contributed by atoms with van der Waals surface area (Å²) in [7, 11) is 1.98. The number of aromatic nitrogens is 6. The quantitative estimate of drug-likeness (QED) is 0.157. The van der Waals surface area contributed by atoms with Crippen LogP contribution in [0.5, 0.6) is 0 Å². The van der Waals surface area contributed by atoms with Crippen LogP contribution >= 0.6 is 0 Å². The molecule has 4 aromatic heterocycles. The Morgan fingerprint density at radius 3 is 1.62 bits per heavy atom. The Bertz CT molecular complexity index is 2350. The second kappa shape index (κ2) is 13.5. The minimum atomic E-state index is -0.525. The van der Waals surface area contributed by atoms with E-state index in [4.69, 9.17) is 24.4 Å². The molecule has 0 saturated heterocycles. The molecule has 0 spiro atoms. The molecule has 5 aromatic rings. The number of H-pyrrole nitrogens is 2. The first-order chi connectivity index (χ1) is 24.3. The van der Waals surface area contributed by atoms with Crippen molar-refractivity contribution in [1.82, 2.24) is 29.5 Å². The van der Waals surface area contributed by atoms with E-state index in [0.29, 0.717) is 11.3 Å². The minimum absolute atomic E-state index is 0.201. The van der Waals surface area contributed by atoms with Gasteiger partial charge in [0.1, 0.15) is 5.82 Å². The predicted molar refractivity (Wildman–Crippen MR) is 197 cm³/mol. The maximum atomic E-state index is 13.1. The zero-order valence-electron chi connectivity index (χ0n) is 28.8. The average Bonchev–Trinajstić information content (AvgIpc) is 3.96. The van der Waals surface area contributed by atoms with Crippen molar-refractivity contribution in [3.8, 4) is 22.5 Å². The first kappa shape index (κ1) is 32.5. The summed E-state index contributed by atoms with van der Waals surface area (Å²) in [4.78, 5) is 48.5. The highest BCUT2D eigenvalue weighted by Crippen LogP contribution is 2.35. The van der Waals surface area contributed by atoms with Gasteiger partial charge < -0.3 is 24.0 Å². The summed E-state index contributed by atoms with van der Waals surface area (Å²) in [5, 5.41) is 0. The average molecular weight is 667 g/mol. The molecular weight excluding hydrogens is 628 g/mol. The van der Waals surface area contributed by atoms with E-state index in [2.05, 4.69) is 35.9 Å². The fourth-order valence-electron chi connectivity index (χ4n) is 6.65. The Kier molecular flexibility index (Phi) is 8.76. The summed E-state index contributed by atoms with van der Waals surface area (Å²) >= 11 is 0. The third-order valence-corrected chi connectivity index (χ3v) is 8.97. The van der Waals surface area contributed by atoms with Gasteiger partial charge in [0.15, 0.2) is 0 Å². The van der Waals surface area contributed by atoms with E-state index in [1.807, 2.05) is 54.2 Å². The summed E-state index contributed by atoms with van der Waals surface area (Å²) in [6.45, 7) is 8.11. The number of imidazole rings is 1. The number of hydrogen-bond acceptors (Lipinski definition) is 7. The number of nitrogens with one attached hydrogen (secondary N) is 2. The molecule has 10 nitrogen and oxygen atoms in total. The molecule has 0 saturated carbocycles. The lowest BCUT2D eigenvalue weighted by Gasteiger charge is -2.11. The second-order valence-corrected chi connectivity index (χ2v) is 12.0. The van der Waals surface area contributed by atoms with E-state index in [9.17, 15) is 9.59 Å². The molecule has 8 bridgehead atoms. The summed E-state index contributed by atoms with van der Waals surface area (Å²) < 4.78 is 12.7. The SMILES string of the molecule is CCOC(=O)c1cc(C(=O)OCC)cc(-c2c3nc(c(CC)c4ccc([nH]4)c(-c4nccn4C)c4nc(c(CC)c5ccc2[nH]5)C=C4)C=C3)c1. The predicted octanol–water partition coefficient (Wildman–Crippen LogP) is 8.20. The van der Waals surface area contributed by atoms with Gasteiger partial charge in [-0.05, 0) is 99.0 Å². The highest BCUT2D eigenvalue weighted by atomic mass is 16.5. The van der Waals surface area contributed by atoms with E-state index in [1.165, 1.54) is 6.07 Å². The fraction of sp³-hybridized carbons (Fsp3) is 0.225. The molecule has 2 aliphatic rings. The van der Waals surface area contributed by atoms with Crippen LogP contribution < -0.4 is 0 Å². The van der Waals surface area contributed by atoms with E-state index in [1.54, 1.807) is 32.2 Å². The van der Waals surface area contributed by atoms with Gasteiger partial charge in [-0.25, -0.2) is 24.5 Å². The minimum Gasteiger partial charge on any atom is -0.462 e. The van der Waals surface area contributed by atoms with Crippen LogP contribution in [0, 0.1) is 0 Å². The third-order valence-electron chi connectivity index (χ3n) is 8.97. The van der Waals surface area contributed by atoms with Crippen molar-refractivity contribution in [1.29, 1.82) is 0 Å². The lowest BCUT2D eigenvalue weighted by molar-refractivity contribution is 0.0525. The summed E-state index contributed by atoms with van der Waals surface area (Å²) in [5.41, 5.74) is 11.5. The number of esters is 2. The molecular formula is C40H38N6O4. The Hall–Kier alpha value is -6.03. The molecule has 2 N–H and O–H groups in total. The zero-order valence-corrected chi connectivity index (χ0v) is 28.8. The van der Waals surface area contributed by atoms with Crippen LogP contribution in [0.2, 0.25) is 0 Å². The lowest BCUT2D eigenvalue weighted by atomic mass is 9.98. The molecule has 0 amide bonds. The van der Waals surface area contributed by atoms with Crippen molar-refractivity contribution in [2.24, 2.45) is 7.05 Å². The number of aryl methyl sites for hydroxylation is 3. The van der Waals surface area contributed by atoms with Gasteiger partial charge in [-0.2, -0.15) is 0 Å². The molecule has 0 fully saturated rings. The molecule has 0 unspecified atom stereocenters. The Labute approximate surface area is 289 Å². The largest absolute Gasteiger partial charge is 0.462 e. The Morgan fingerprint density at radius 1 is 0.660 bits per heavy atom. The van der Waals surface area contributed by atoms with Gasteiger partial charge in [0.25, 0.3) is 0 Å². The number of rotatable bonds is 8. The van der Waals surface area contributed by atoms with E-state index in [-0.39, 0.29) is 24.3 Å². The van der Waals surface area contributed by atoms with Crippen LogP contribution in [-0.4, -0.2) is 54.6 Å². The number of aromatic amines is 2. The van der Waals surface area contributed by atoms with E-state index in [0.717, 1.165) is 80.1 Å². The van der Waals surface area contributed by atoms with Crippen LogP contribution in [0.3, 0.4) is 0 Å². The number of hydrogen-bond donors (Lipinski definition) is 2. The smallest absolute Gasteiger partial charge is 0.338 e. The molecule has 10 heteroatoms. The third kappa shape index (κ3) is 5.83. The topological polar surface area (TPSA) is 128 Å². The summed E-state index contributed by atoms with van der Waals surface area (Å²) in [6, 6.07) is 13.2. The van der Waals surface area contributed by atoms with Crippen LogP contribution in [0.25, 0.3) is 68.9 Å². The van der Waals surface area contributed by atoms with Crippen molar-refractivity contribution >= 4 is 58.3 Å². The van der Waals surface area contributed by atoms with Crippen molar-refractivity contribution in [3.63, 3.8) is 0 Å². The van der Waals surface area contributed by atoms with Crippen molar-refractivity contribution < 1.29 is 19.1 Å². The number of carbonyl (C=O) groups excluding carboxylic acids is 2. The van der Waals surface area contributed by atoms with Gasteiger partial charge in [0, 0.05) is 52.7 Å². The fourth-order valence-corrected chi connectivity index (χ4v) is 6.65. The van der Waals surface area contributed by atoms with Crippen LogP contribution in [0.15, 0.2) is 54.9 Å². The van der Waals surface area contributed by atoms with Gasteiger partial charge in [0.2, 0.25) is 0 Å². The number of ether oxygens (including phenoxy) is 2. The Balaban J connectivity index is 1.61.